The lowest BCUT2D eigenvalue weighted by atomic mass is 9.75. The van der Waals surface area contributed by atoms with E-state index in [1.165, 1.54) is 43.1 Å². The maximum atomic E-state index is 12.0. The van der Waals surface area contributed by atoms with Crippen LogP contribution in [0.1, 0.15) is 44.9 Å². The molecule has 1 aliphatic heterocycles. The standard InChI is InChI=1S/C13H22N6O/c20-12(9-19-10-15-17-18-19)16-11-4-7-14-13(8-11)5-2-1-3-6-13/h10-11,14H,1-9H2,(H,16,20). The number of carbonyl (C=O) groups excluding carboxylic acids is 1. The summed E-state index contributed by atoms with van der Waals surface area (Å²) in [6, 6.07) is 0.276. The summed E-state index contributed by atoms with van der Waals surface area (Å²) in [6.07, 6.45) is 9.96. The van der Waals surface area contributed by atoms with E-state index in [1.807, 2.05) is 0 Å². The van der Waals surface area contributed by atoms with Gasteiger partial charge in [0.1, 0.15) is 12.9 Å². The summed E-state index contributed by atoms with van der Waals surface area (Å²) in [5.74, 6) is -0.00448. The van der Waals surface area contributed by atoms with E-state index < -0.39 is 0 Å². The highest BCUT2D eigenvalue weighted by Crippen LogP contribution is 2.34. The van der Waals surface area contributed by atoms with Crippen molar-refractivity contribution in [1.82, 2.24) is 30.8 Å². The van der Waals surface area contributed by atoms with Crippen LogP contribution in [0.4, 0.5) is 0 Å². The Kier molecular flexibility index (Phi) is 3.95. The molecule has 0 bridgehead atoms. The lowest BCUT2D eigenvalue weighted by molar-refractivity contribution is -0.123. The number of hydrogen-bond acceptors (Lipinski definition) is 5. The van der Waals surface area contributed by atoms with E-state index in [0.717, 1.165) is 19.4 Å². The van der Waals surface area contributed by atoms with Crippen LogP contribution in [0, 0.1) is 0 Å². The maximum Gasteiger partial charge on any atom is 0.242 e. The van der Waals surface area contributed by atoms with Crippen LogP contribution in [0.15, 0.2) is 6.33 Å². The summed E-state index contributed by atoms with van der Waals surface area (Å²) in [6.45, 7) is 1.19. The summed E-state index contributed by atoms with van der Waals surface area (Å²) in [4.78, 5) is 12.0. The summed E-state index contributed by atoms with van der Waals surface area (Å²) in [7, 11) is 0. The number of amides is 1. The molecule has 1 saturated carbocycles. The fraction of sp³-hybridized carbons (Fsp3) is 0.846. The van der Waals surface area contributed by atoms with Gasteiger partial charge in [0.05, 0.1) is 0 Å². The second kappa shape index (κ2) is 5.87. The number of aromatic nitrogens is 4. The third kappa shape index (κ3) is 3.15. The van der Waals surface area contributed by atoms with Crippen molar-refractivity contribution in [3.8, 4) is 0 Å². The third-order valence-corrected chi connectivity index (χ3v) is 4.50. The topological polar surface area (TPSA) is 84.7 Å². The normalized spacial score (nSPS) is 25.5. The molecule has 1 spiro atoms. The third-order valence-electron chi connectivity index (χ3n) is 4.50. The van der Waals surface area contributed by atoms with E-state index in [-0.39, 0.29) is 24.0 Å². The summed E-state index contributed by atoms with van der Waals surface area (Å²) in [5.41, 5.74) is 0.267. The Morgan fingerprint density at radius 1 is 1.40 bits per heavy atom. The van der Waals surface area contributed by atoms with Crippen molar-refractivity contribution in [1.29, 1.82) is 0 Å². The lowest BCUT2D eigenvalue weighted by Gasteiger charge is -2.44. The Hall–Kier alpha value is -1.50. The summed E-state index contributed by atoms with van der Waals surface area (Å²) < 4.78 is 1.45. The minimum absolute atomic E-state index is 0.00448. The van der Waals surface area contributed by atoms with Gasteiger partial charge in [0.15, 0.2) is 0 Å². The van der Waals surface area contributed by atoms with Gasteiger partial charge < -0.3 is 10.6 Å². The van der Waals surface area contributed by atoms with E-state index in [4.69, 9.17) is 0 Å². The van der Waals surface area contributed by atoms with Crippen LogP contribution in [0.5, 0.6) is 0 Å². The van der Waals surface area contributed by atoms with E-state index in [9.17, 15) is 4.79 Å². The van der Waals surface area contributed by atoms with Gasteiger partial charge in [0, 0.05) is 11.6 Å². The van der Waals surface area contributed by atoms with Gasteiger partial charge in [-0.15, -0.1) is 5.10 Å². The molecule has 2 aliphatic rings. The molecule has 1 saturated heterocycles. The van der Waals surface area contributed by atoms with Crippen molar-refractivity contribution in [2.75, 3.05) is 6.54 Å². The number of rotatable bonds is 3. The van der Waals surface area contributed by atoms with E-state index in [2.05, 4.69) is 26.2 Å². The second-order valence-corrected chi connectivity index (χ2v) is 6.03. The average Bonchev–Trinajstić information content (AvgIpc) is 2.92. The molecule has 2 N–H and O–H groups in total. The molecule has 1 atom stereocenters. The maximum absolute atomic E-state index is 12.0. The van der Waals surface area contributed by atoms with Crippen molar-refractivity contribution in [2.45, 2.75) is 63.1 Å². The first-order valence-corrected chi connectivity index (χ1v) is 7.51. The molecule has 7 nitrogen and oxygen atoms in total. The minimum Gasteiger partial charge on any atom is -0.352 e. The van der Waals surface area contributed by atoms with Crippen molar-refractivity contribution in [2.24, 2.45) is 0 Å². The van der Waals surface area contributed by atoms with Gasteiger partial charge in [0.25, 0.3) is 0 Å². The van der Waals surface area contributed by atoms with Crippen molar-refractivity contribution < 1.29 is 4.79 Å². The zero-order valence-corrected chi connectivity index (χ0v) is 11.7. The highest BCUT2D eigenvalue weighted by atomic mass is 16.2. The first kappa shape index (κ1) is 13.5. The first-order valence-electron chi connectivity index (χ1n) is 7.51. The molecule has 3 rings (SSSR count). The fourth-order valence-electron chi connectivity index (χ4n) is 3.56. The Morgan fingerprint density at radius 2 is 2.25 bits per heavy atom. The molecule has 110 valence electrons. The second-order valence-electron chi connectivity index (χ2n) is 6.03. The molecule has 1 aromatic rings. The molecular formula is C13H22N6O. The zero-order chi connectivity index (χ0) is 13.8. The quantitative estimate of drug-likeness (QED) is 0.827. The predicted molar refractivity (Wildman–Crippen MR) is 72.8 cm³/mol. The van der Waals surface area contributed by atoms with Gasteiger partial charge >= 0.3 is 0 Å². The van der Waals surface area contributed by atoms with Gasteiger partial charge in [-0.25, -0.2) is 4.68 Å². The molecule has 0 radical (unpaired) electrons. The predicted octanol–water partition coefficient (Wildman–Crippen LogP) is 0.244. The monoisotopic (exact) mass is 278 g/mol. The van der Waals surface area contributed by atoms with E-state index >= 15 is 0 Å². The highest BCUT2D eigenvalue weighted by Gasteiger charge is 2.37. The van der Waals surface area contributed by atoms with Crippen molar-refractivity contribution >= 4 is 5.91 Å². The number of tetrazole rings is 1. The van der Waals surface area contributed by atoms with Gasteiger partial charge in [-0.2, -0.15) is 0 Å². The molecule has 20 heavy (non-hydrogen) atoms. The van der Waals surface area contributed by atoms with Crippen molar-refractivity contribution in [3.63, 3.8) is 0 Å². The van der Waals surface area contributed by atoms with Crippen LogP contribution in [0.25, 0.3) is 0 Å². The summed E-state index contributed by atoms with van der Waals surface area (Å²) in [5, 5.41) is 17.6. The molecule has 7 heteroatoms. The Labute approximate surface area is 118 Å². The van der Waals surface area contributed by atoms with E-state index in [1.54, 1.807) is 0 Å². The number of nitrogens with zero attached hydrogens (tertiary/aromatic N) is 4. The number of hydrogen-bond donors (Lipinski definition) is 2. The molecule has 2 heterocycles. The molecular weight excluding hydrogens is 256 g/mol. The number of nitrogens with one attached hydrogen (secondary N) is 2. The smallest absolute Gasteiger partial charge is 0.242 e. The van der Waals surface area contributed by atoms with Crippen LogP contribution < -0.4 is 10.6 Å². The first-order chi connectivity index (χ1) is 9.76. The highest BCUT2D eigenvalue weighted by molar-refractivity contribution is 5.75. The zero-order valence-electron chi connectivity index (χ0n) is 11.7. The molecule has 2 fully saturated rings. The fourth-order valence-corrected chi connectivity index (χ4v) is 3.56. The average molecular weight is 278 g/mol. The lowest BCUT2D eigenvalue weighted by Crippen LogP contribution is -2.57. The largest absolute Gasteiger partial charge is 0.352 e. The van der Waals surface area contributed by atoms with E-state index in [0.29, 0.717) is 0 Å². The van der Waals surface area contributed by atoms with Crippen LogP contribution in [0.2, 0.25) is 0 Å². The van der Waals surface area contributed by atoms with Gasteiger partial charge in [-0.05, 0) is 42.7 Å². The Bertz CT molecular complexity index is 434. The minimum atomic E-state index is -0.00448. The Morgan fingerprint density at radius 3 is 3.00 bits per heavy atom. The number of carbonyl (C=O) groups is 1. The van der Waals surface area contributed by atoms with Gasteiger partial charge in [0.2, 0.25) is 5.91 Å². The molecule has 1 aliphatic carbocycles. The van der Waals surface area contributed by atoms with Crippen LogP contribution in [-0.4, -0.2) is 44.2 Å². The molecule has 1 unspecified atom stereocenters. The van der Waals surface area contributed by atoms with Crippen LogP contribution >= 0.6 is 0 Å². The molecule has 1 amide bonds. The van der Waals surface area contributed by atoms with Crippen LogP contribution in [0.3, 0.4) is 0 Å². The van der Waals surface area contributed by atoms with Crippen molar-refractivity contribution in [3.05, 3.63) is 6.33 Å². The SMILES string of the molecule is O=C(Cn1cnnn1)NC1CCNC2(CCCCC2)C1. The molecule has 1 aromatic heterocycles. The van der Waals surface area contributed by atoms with Crippen LogP contribution in [-0.2, 0) is 11.3 Å². The summed E-state index contributed by atoms with van der Waals surface area (Å²) >= 11 is 0. The molecule has 0 aromatic carbocycles. The van der Waals surface area contributed by atoms with Gasteiger partial charge in [-0.3, -0.25) is 4.79 Å². The number of piperidine rings is 1. The Balaban J connectivity index is 1.53. The van der Waals surface area contributed by atoms with Gasteiger partial charge in [-0.1, -0.05) is 19.3 Å².